The quantitative estimate of drug-likeness (QED) is 0.739. The van der Waals surface area contributed by atoms with E-state index in [1.807, 2.05) is 6.92 Å². The number of benzene rings is 1. The molecule has 0 aromatic heterocycles. The highest BCUT2D eigenvalue weighted by Crippen LogP contribution is 2.33. The third-order valence-electron chi connectivity index (χ3n) is 3.21. The van der Waals surface area contributed by atoms with Gasteiger partial charge in [-0.2, -0.15) is 0 Å². The fraction of sp³-hybridized carbons (Fsp3) is 0.312. The van der Waals surface area contributed by atoms with Crippen LogP contribution in [-0.4, -0.2) is 40.3 Å². The molecule has 1 aromatic carbocycles. The SMILES string of the molecule is CCCCN1C(=O)S/C(=C\c2ccc(OCC(=O)O)c(Cl)c2)C1=O. The van der Waals surface area contributed by atoms with Gasteiger partial charge in [-0.3, -0.25) is 14.5 Å². The molecule has 2 amide bonds. The minimum absolute atomic E-state index is 0.232. The average molecular weight is 370 g/mol. The van der Waals surface area contributed by atoms with Crippen LogP contribution < -0.4 is 4.74 Å². The lowest BCUT2D eigenvalue weighted by atomic mass is 10.2. The van der Waals surface area contributed by atoms with E-state index in [1.54, 1.807) is 18.2 Å². The number of carboxylic acid groups (broad SMARTS) is 1. The van der Waals surface area contributed by atoms with Gasteiger partial charge in [-0.1, -0.05) is 31.0 Å². The number of aliphatic carboxylic acids is 1. The summed E-state index contributed by atoms with van der Waals surface area (Å²) in [6.07, 6.45) is 3.25. The summed E-state index contributed by atoms with van der Waals surface area (Å²) in [6, 6.07) is 4.72. The van der Waals surface area contributed by atoms with Crippen molar-refractivity contribution in [2.75, 3.05) is 13.2 Å². The molecule has 2 rings (SSSR count). The first-order chi connectivity index (χ1) is 11.4. The number of imide groups is 1. The molecule has 8 heteroatoms. The number of hydrogen-bond donors (Lipinski definition) is 1. The van der Waals surface area contributed by atoms with Gasteiger partial charge in [0.25, 0.3) is 11.1 Å². The normalized spacial score (nSPS) is 16.1. The summed E-state index contributed by atoms with van der Waals surface area (Å²) in [5.74, 6) is -1.16. The van der Waals surface area contributed by atoms with E-state index in [2.05, 4.69) is 0 Å². The van der Waals surface area contributed by atoms with E-state index in [0.717, 1.165) is 24.6 Å². The van der Waals surface area contributed by atoms with Crippen molar-refractivity contribution in [3.05, 3.63) is 33.7 Å². The highest BCUT2D eigenvalue weighted by Gasteiger charge is 2.34. The largest absolute Gasteiger partial charge is 0.480 e. The van der Waals surface area contributed by atoms with Crippen LogP contribution in [0.1, 0.15) is 25.3 Å². The van der Waals surface area contributed by atoms with Crippen LogP contribution >= 0.6 is 23.4 Å². The van der Waals surface area contributed by atoms with Crippen molar-refractivity contribution in [1.82, 2.24) is 4.90 Å². The fourth-order valence-corrected chi connectivity index (χ4v) is 3.13. The minimum Gasteiger partial charge on any atom is -0.480 e. The van der Waals surface area contributed by atoms with Gasteiger partial charge < -0.3 is 9.84 Å². The smallest absolute Gasteiger partial charge is 0.341 e. The van der Waals surface area contributed by atoms with Crippen LogP contribution in [0.25, 0.3) is 6.08 Å². The van der Waals surface area contributed by atoms with E-state index in [0.29, 0.717) is 17.0 Å². The first kappa shape index (κ1) is 18.4. The van der Waals surface area contributed by atoms with Crippen molar-refractivity contribution in [2.45, 2.75) is 19.8 Å². The Balaban J connectivity index is 2.13. The van der Waals surface area contributed by atoms with Gasteiger partial charge in [0.1, 0.15) is 5.75 Å². The third kappa shape index (κ3) is 4.52. The van der Waals surface area contributed by atoms with Crippen LogP contribution in [0.4, 0.5) is 4.79 Å². The number of hydrogen-bond acceptors (Lipinski definition) is 5. The summed E-state index contributed by atoms with van der Waals surface area (Å²) in [5, 5.41) is 8.56. The van der Waals surface area contributed by atoms with Crippen LogP contribution in [0.5, 0.6) is 5.75 Å². The first-order valence-corrected chi connectivity index (χ1v) is 8.51. The molecule has 0 spiro atoms. The maximum absolute atomic E-state index is 12.2. The maximum Gasteiger partial charge on any atom is 0.341 e. The van der Waals surface area contributed by atoms with Gasteiger partial charge in [0.05, 0.1) is 9.93 Å². The summed E-state index contributed by atoms with van der Waals surface area (Å²) >= 11 is 6.94. The van der Waals surface area contributed by atoms with E-state index >= 15 is 0 Å². The molecule has 0 saturated carbocycles. The van der Waals surface area contributed by atoms with Crippen LogP contribution in [0.3, 0.4) is 0 Å². The van der Waals surface area contributed by atoms with Crippen molar-refractivity contribution < 1.29 is 24.2 Å². The molecule has 128 valence electrons. The molecule has 24 heavy (non-hydrogen) atoms. The molecule has 0 radical (unpaired) electrons. The van der Waals surface area contributed by atoms with E-state index in [1.165, 1.54) is 11.0 Å². The monoisotopic (exact) mass is 369 g/mol. The summed E-state index contributed by atoms with van der Waals surface area (Å²) in [5.41, 5.74) is 0.628. The number of rotatable bonds is 7. The van der Waals surface area contributed by atoms with Crippen molar-refractivity contribution >= 4 is 46.6 Å². The van der Waals surface area contributed by atoms with E-state index < -0.39 is 12.6 Å². The summed E-state index contributed by atoms with van der Waals surface area (Å²) < 4.78 is 5.04. The Hall–Kier alpha value is -1.99. The van der Waals surface area contributed by atoms with E-state index in [4.69, 9.17) is 21.4 Å². The second-order valence-electron chi connectivity index (χ2n) is 5.06. The highest BCUT2D eigenvalue weighted by molar-refractivity contribution is 8.18. The molecular weight excluding hydrogens is 354 g/mol. The van der Waals surface area contributed by atoms with Gasteiger partial charge in [-0.05, 0) is 42.0 Å². The lowest BCUT2D eigenvalue weighted by molar-refractivity contribution is -0.139. The number of ether oxygens (including phenoxy) is 1. The highest BCUT2D eigenvalue weighted by atomic mass is 35.5. The van der Waals surface area contributed by atoms with Gasteiger partial charge in [0, 0.05) is 6.54 Å². The van der Waals surface area contributed by atoms with Crippen molar-refractivity contribution in [2.24, 2.45) is 0 Å². The van der Waals surface area contributed by atoms with Crippen LogP contribution in [0.2, 0.25) is 5.02 Å². The predicted octanol–water partition coefficient (Wildman–Crippen LogP) is 3.64. The Morgan fingerprint density at radius 2 is 2.17 bits per heavy atom. The van der Waals surface area contributed by atoms with Gasteiger partial charge in [-0.25, -0.2) is 4.79 Å². The van der Waals surface area contributed by atoms with Crippen molar-refractivity contribution in [1.29, 1.82) is 0 Å². The Morgan fingerprint density at radius 1 is 1.42 bits per heavy atom. The Kier molecular flexibility index (Phi) is 6.28. The summed E-state index contributed by atoms with van der Waals surface area (Å²) in [4.78, 5) is 36.2. The minimum atomic E-state index is -1.10. The van der Waals surface area contributed by atoms with E-state index in [9.17, 15) is 14.4 Å². The standard InChI is InChI=1S/C16H16ClNO5S/c1-2-3-6-18-15(21)13(24-16(18)22)8-10-4-5-12(11(17)7-10)23-9-14(19)20/h4-5,7-8H,2-3,6,9H2,1H3,(H,19,20)/b13-8-. The molecule has 0 unspecified atom stereocenters. The molecule has 1 aliphatic rings. The molecule has 1 fully saturated rings. The molecular formula is C16H16ClNO5S. The number of carboxylic acids is 1. The summed E-state index contributed by atoms with van der Waals surface area (Å²) in [7, 11) is 0. The maximum atomic E-state index is 12.2. The van der Waals surface area contributed by atoms with Gasteiger partial charge in [0.15, 0.2) is 6.61 Å². The lowest BCUT2D eigenvalue weighted by Gasteiger charge is -2.10. The number of nitrogens with zero attached hydrogens (tertiary/aromatic N) is 1. The first-order valence-electron chi connectivity index (χ1n) is 7.32. The van der Waals surface area contributed by atoms with Gasteiger partial charge in [-0.15, -0.1) is 0 Å². The van der Waals surface area contributed by atoms with Crippen molar-refractivity contribution in [3.63, 3.8) is 0 Å². The van der Waals surface area contributed by atoms with Crippen LogP contribution in [0.15, 0.2) is 23.1 Å². The van der Waals surface area contributed by atoms with Gasteiger partial charge in [0.2, 0.25) is 0 Å². The molecule has 1 heterocycles. The van der Waals surface area contributed by atoms with E-state index in [-0.39, 0.29) is 21.9 Å². The second-order valence-corrected chi connectivity index (χ2v) is 6.46. The van der Waals surface area contributed by atoms with Crippen LogP contribution in [-0.2, 0) is 9.59 Å². The Bertz CT molecular complexity index is 704. The second kappa shape index (κ2) is 8.21. The number of amides is 2. The number of thioether (sulfide) groups is 1. The molecule has 1 aromatic rings. The predicted molar refractivity (Wildman–Crippen MR) is 92.2 cm³/mol. The Labute approximate surface area is 148 Å². The number of halogens is 1. The third-order valence-corrected chi connectivity index (χ3v) is 4.42. The van der Waals surface area contributed by atoms with Crippen LogP contribution in [0, 0.1) is 0 Å². The lowest BCUT2D eigenvalue weighted by Crippen LogP contribution is -2.29. The molecule has 0 bridgehead atoms. The zero-order valence-electron chi connectivity index (χ0n) is 13.0. The molecule has 1 N–H and O–H groups in total. The number of carbonyl (C=O) groups excluding carboxylic acids is 2. The van der Waals surface area contributed by atoms with Gasteiger partial charge >= 0.3 is 5.97 Å². The number of unbranched alkanes of at least 4 members (excludes halogenated alkanes) is 1. The zero-order chi connectivity index (χ0) is 17.7. The molecule has 1 saturated heterocycles. The molecule has 0 atom stereocenters. The summed E-state index contributed by atoms with van der Waals surface area (Å²) in [6.45, 7) is 1.92. The number of carbonyl (C=O) groups is 3. The van der Waals surface area contributed by atoms with Crippen molar-refractivity contribution in [3.8, 4) is 5.75 Å². The molecule has 0 aliphatic carbocycles. The molecule has 6 nitrogen and oxygen atoms in total. The Morgan fingerprint density at radius 3 is 2.79 bits per heavy atom. The molecule has 1 aliphatic heterocycles. The zero-order valence-corrected chi connectivity index (χ0v) is 14.5. The topological polar surface area (TPSA) is 83.9 Å². The average Bonchev–Trinajstić information content (AvgIpc) is 2.78. The fourth-order valence-electron chi connectivity index (χ4n) is 2.02.